The Morgan fingerprint density at radius 2 is 1.29 bits per heavy atom. The molecule has 0 spiro atoms. The molecule has 0 aromatic carbocycles. The van der Waals surface area contributed by atoms with Crippen LogP contribution in [0.2, 0.25) is 0 Å². The molecule has 0 N–H and O–H groups in total. The van der Waals surface area contributed by atoms with Crippen molar-refractivity contribution in [2.45, 2.75) is 13.8 Å². The zero-order chi connectivity index (χ0) is 5.41. The van der Waals surface area contributed by atoms with Gasteiger partial charge in [0, 0.05) is 0 Å². The van der Waals surface area contributed by atoms with E-state index in [4.69, 9.17) is 11.1 Å². The molecule has 0 rings (SSSR count). The molecule has 0 saturated carbocycles. The van der Waals surface area contributed by atoms with Gasteiger partial charge >= 0.3 is 29.6 Å². The van der Waals surface area contributed by atoms with Gasteiger partial charge < -0.3 is 17.5 Å². The van der Waals surface area contributed by atoms with Crippen LogP contribution >= 0.6 is 0 Å². The number of hydrogen-bond donors (Lipinski definition) is 0. The predicted molar refractivity (Wildman–Crippen MR) is 25.7 cm³/mol. The van der Waals surface area contributed by atoms with Crippen molar-refractivity contribution in [3.63, 3.8) is 0 Å². The summed E-state index contributed by atoms with van der Waals surface area (Å²) in [4.78, 5) is 1.50. The molecule has 4 heteroatoms. The average molecular weight is 108 g/mol. The van der Waals surface area contributed by atoms with Gasteiger partial charge in [-0.25, -0.2) is 0 Å². The molecule has 0 radical (unpaired) electrons. The Hall–Kier alpha value is 0.310. The molecule has 3 nitrogen and oxygen atoms in total. The fourth-order valence-corrected chi connectivity index (χ4v) is 0. The van der Waals surface area contributed by atoms with Gasteiger partial charge in [-0.15, -0.1) is 0 Å². The quantitative estimate of drug-likeness (QED) is 0.127. The summed E-state index contributed by atoms with van der Waals surface area (Å²) >= 11 is 0. The van der Waals surface area contributed by atoms with Crippen LogP contribution in [0.5, 0.6) is 0 Å². The predicted octanol–water partition coefficient (Wildman–Crippen LogP) is -0.899. The molecule has 0 heterocycles. The van der Waals surface area contributed by atoms with E-state index in [1.165, 1.54) is 4.91 Å². The topological polar surface area (TPSA) is 58.7 Å². The van der Waals surface area contributed by atoms with E-state index in [-0.39, 0.29) is 29.6 Å². The van der Waals surface area contributed by atoms with Crippen molar-refractivity contribution in [2.24, 2.45) is 0 Å². The summed E-state index contributed by atoms with van der Waals surface area (Å²) in [6.07, 6.45) is 2.00. The summed E-state index contributed by atoms with van der Waals surface area (Å²) in [5, 5.41) is 0. The van der Waals surface area contributed by atoms with Crippen LogP contribution in [0.25, 0.3) is 16.0 Å². The van der Waals surface area contributed by atoms with Crippen molar-refractivity contribution in [2.75, 3.05) is 0 Å². The molecular formula is C3H7N3Na-. The van der Waals surface area contributed by atoms with Gasteiger partial charge in [0.05, 0.1) is 0 Å². The van der Waals surface area contributed by atoms with Crippen molar-refractivity contribution in [1.82, 2.24) is 0 Å². The minimum Gasteiger partial charge on any atom is -0.373 e. The van der Waals surface area contributed by atoms with Crippen molar-refractivity contribution in [3.05, 3.63) is 22.4 Å². The molecule has 0 atom stereocenters. The zero-order valence-corrected chi connectivity index (χ0v) is 6.92. The molecule has 0 bridgehead atoms. The minimum absolute atomic E-state index is 0. The van der Waals surface area contributed by atoms with E-state index in [1.54, 1.807) is 0 Å². The Kier molecular flexibility index (Phi) is 74.6. The van der Waals surface area contributed by atoms with Crippen molar-refractivity contribution in [1.29, 1.82) is 0 Å². The van der Waals surface area contributed by atoms with Crippen LogP contribution in [-0.4, -0.2) is 0 Å². The first-order valence-electron chi connectivity index (χ1n) is 1.55. The third kappa shape index (κ3) is 1220. The van der Waals surface area contributed by atoms with Crippen LogP contribution in [0.3, 0.4) is 0 Å². The first kappa shape index (κ1) is 15.7. The van der Waals surface area contributed by atoms with Gasteiger partial charge in [0.1, 0.15) is 0 Å². The van der Waals surface area contributed by atoms with Crippen molar-refractivity contribution >= 4 is 0 Å². The Labute approximate surface area is 65.8 Å². The van der Waals surface area contributed by atoms with E-state index in [0.717, 1.165) is 0 Å². The van der Waals surface area contributed by atoms with Gasteiger partial charge in [-0.1, -0.05) is 0 Å². The van der Waals surface area contributed by atoms with Crippen LogP contribution in [0.4, 0.5) is 0 Å². The maximum Gasteiger partial charge on any atom is 1.00 e. The second-order valence-electron chi connectivity index (χ2n) is 0.667. The molecule has 7 heavy (non-hydrogen) atoms. The fourth-order valence-electron chi connectivity index (χ4n) is 0. The first-order chi connectivity index (χ1) is 2.83. The van der Waals surface area contributed by atoms with E-state index in [2.05, 4.69) is 0 Å². The number of rotatable bonds is 0. The molecule has 0 saturated heterocycles. The maximum atomic E-state index is 6.75. The van der Waals surface area contributed by atoms with Gasteiger partial charge in [-0.05, 0) is 0 Å². The molecule has 0 amide bonds. The Balaban J connectivity index is -0.0000000400. The van der Waals surface area contributed by atoms with Crippen LogP contribution in [-0.2, 0) is 0 Å². The zero-order valence-electron chi connectivity index (χ0n) is 4.92. The standard InChI is InChI=1S/C3H7.N3.Na/c2*1-3-2;/h3H,1-2H3;;/q2*-1;+1. The molecule has 0 aliphatic rings. The van der Waals surface area contributed by atoms with E-state index < -0.39 is 0 Å². The number of hydrogen-bond acceptors (Lipinski definition) is 0. The summed E-state index contributed by atoms with van der Waals surface area (Å²) in [5.74, 6) is 0. The minimum atomic E-state index is 0. The fraction of sp³-hybridized carbons (Fsp3) is 0.667. The van der Waals surface area contributed by atoms with Crippen LogP contribution < -0.4 is 29.6 Å². The molecule has 36 valence electrons. The molecule has 0 aromatic heterocycles. The van der Waals surface area contributed by atoms with Crippen LogP contribution in [0, 0.1) is 6.42 Å². The summed E-state index contributed by atoms with van der Waals surface area (Å²) in [7, 11) is 0. The van der Waals surface area contributed by atoms with E-state index >= 15 is 0 Å². The van der Waals surface area contributed by atoms with Crippen molar-refractivity contribution in [3.8, 4) is 0 Å². The molecular weight excluding hydrogens is 101 g/mol. The average Bonchev–Trinajstić information content (AvgIpc) is 1.39. The normalized spacial score (nSPS) is 3.71. The smallest absolute Gasteiger partial charge is 0.373 e. The maximum absolute atomic E-state index is 6.75. The summed E-state index contributed by atoms with van der Waals surface area (Å²) in [6.45, 7) is 4.00. The monoisotopic (exact) mass is 108 g/mol. The van der Waals surface area contributed by atoms with Crippen LogP contribution in [0.1, 0.15) is 13.8 Å². The molecule has 0 aromatic rings. The molecule has 0 fully saturated rings. The third-order valence-corrected chi connectivity index (χ3v) is 0. The number of nitrogens with zero attached hydrogens (tertiary/aromatic N) is 3. The third-order valence-electron chi connectivity index (χ3n) is 0. The molecule has 0 unspecified atom stereocenters. The largest absolute Gasteiger partial charge is 1.00 e. The summed E-state index contributed by atoms with van der Waals surface area (Å²) in [5.41, 5.74) is 13.5. The second-order valence-corrected chi connectivity index (χ2v) is 0.667. The first-order valence-corrected chi connectivity index (χ1v) is 1.55. The van der Waals surface area contributed by atoms with E-state index in [1.807, 2.05) is 20.3 Å². The molecule has 0 aliphatic carbocycles. The second kappa shape index (κ2) is 33.3. The Morgan fingerprint density at radius 3 is 1.29 bits per heavy atom. The van der Waals surface area contributed by atoms with Gasteiger partial charge in [0.2, 0.25) is 0 Å². The van der Waals surface area contributed by atoms with Gasteiger partial charge in [-0.3, -0.25) is 4.91 Å². The van der Waals surface area contributed by atoms with E-state index in [0.29, 0.717) is 0 Å². The Bertz CT molecular complexity index is 39.4. The summed E-state index contributed by atoms with van der Waals surface area (Å²) < 4.78 is 0. The van der Waals surface area contributed by atoms with E-state index in [9.17, 15) is 0 Å². The molecule has 0 aliphatic heterocycles. The van der Waals surface area contributed by atoms with Gasteiger partial charge in [0.25, 0.3) is 0 Å². The van der Waals surface area contributed by atoms with Crippen molar-refractivity contribution < 1.29 is 29.6 Å². The van der Waals surface area contributed by atoms with Gasteiger partial charge in [0.15, 0.2) is 0 Å². The Morgan fingerprint density at radius 1 is 1.29 bits per heavy atom. The summed E-state index contributed by atoms with van der Waals surface area (Å²) in [6, 6.07) is 0. The van der Waals surface area contributed by atoms with Gasteiger partial charge in [-0.2, -0.15) is 13.8 Å². The SMILES string of the molecule is C[CH-]C.[N-]=[N+]=[N-].[Na+]. The van der Waals surface area contributed by atoms with Crippen LogP contribution in [0.15, 0.2) is 0 Å².